The summed E-state index contributed by atoms with van der Waals surface area (Å²) in [6.45, 7) is 11.2. The first kappa shape index (κ1) is 32.3. The van der Waals surface area contributed by atoms with E-state index in [1.807, 2.05) is 55.6 Å². The number of fused-ring (bicyclic) bond motifs is 1. The quantitative estimate of drug-likeness (QED) is 0.330. The van der Waals surface area contributed by atoms with Gasteiger partial charge in [-0.05, 0) is 56.4 Å². The fourth-order valence-electron chi connectivity index (χ4n) is 5.74. The highest BCUT2D eigenvalue weighted by Gasteiger charge is 2.53. The van der Waals surface area contributed by atoms with Crippen molar-refractivity contribution in [2.75, 3.05) is 0 Å². The van der Waals surface area contributed by atoms with Gasteiger partial charge in [-0.25, -0.2) is 4.98 Å². The number of cyclic esters (lactones) is 1. The van der Waals surface area contributed by atoms with Crippen molar-refractivity contribution >= 4 is 29.2 Å². The highest BCUT2D eigenvalue weighted by atomic mass is 32.1. The molecule has 0 saturated carbocycles. The fraction of sp³-hybridized carbons (Fsp3) is 0.606. The van der Waals surface area contributed by atoms with Crippen LogP contribution in [0.25, 0.3) is 6.08 Å². The summed E-state index contributed by atoms with van der Waals surface area (Å²) in [5.74, 6) is -0.844. The van der Waals surface area contributed by atoms with Crippen LogP contribution < -0.4 is 4.74 Å². The Kier molecular flexibility index (Phi) is 10.3. The Hall–Kier alpha value is -2.59. The van der Waals surface area contributed by atoms with Crippen LogP contribution in [-0.4, -0.2) is 57.0 Å². The molecule has 1 aromatic carbocycles. The lowest BCUT2D eigenvalue weighted by Crippen LogP contribution is -2.45. The third kappa shape index (κ3) is 7.86. The second kappa shape index (κ2) is 13.4. The Morgan fingerprint density at radius 1 is 1.17 bits per heavy atom. The van der Waals surface area contributed by atoms with Crippen molar-refractivity contribution in [2.45, 2.75) is 110 Å². The van der Waals surface area contributed by atoms with E-state index in [1.54, 1.807) is 20.8 Å². The number of esters is 1. The van der Waals surface area contributed by atoms with Gasteiger partial charge in [0.25, 0.3) is 0 Å². The fourth-order valence-corrected chi connectivity index (χ4v) is 6.40. The molecule has 2 aliphatic heterocycles. The van der Waals surface area contributed by atoms with Gasteiger partial charge < -0.3 is 24.4 Å². The molecule has 2 fully saturated rings. The van der Waals surface area contributed by atoms with Gasteiger partial charge in [0, 0.05) is 17.7 Å². The highest BCUT2D eigenvalue weighted by Crippen LogP contribution is 2.45. The van der Waals surface area contributed by atoms with Crippen molar-refractivity contribution in [1.29, 1.82) is 0 Å². The molecule has 230 valence electrons. The van der Waals surface area contributed by atoms with Gasteiger partial charge in [0.15, 0.2) is 0 Å². The van der Waals surface area contributed by atoms with E-state index in [1.165, 1.54) is 11.3 Å². The largest absolute Gasteiger partial charge is 0.486 e. The second-order valence-corrected chi connectivity index (χ2v) is 13.7. The number of hydrogen-bond acceptors (Lipinski definition) is 9. The van der Waals surface area contributed by atoms with Crippen LogP contribution >= 0.6 is 11.3 Å². The summed E-state index contributed by atoms with van der Waals surface area (Å²) >= 11 is 1.50. The number of ketones is 1. The molecular formula is C33H45NO7S. The third-order valence-corrected chi connectivity index (χ3v) is 9.81. The predicted molar refractivity (Wildman–Crippen MR) is 162 cm³/mol. The maximum absolute atomic E-state index is 13.3. The minimum atomic E-state index is -1.26. The smallest absolute Gasteiger partial charge is 0.309 e. The molecule has 2 saturated heterocycles. The van der Waals surface area contributed by atoms with Crippen molar-refractivity contribution in [3.05, 3.63) is 52.0 Å². The van der Waals surface area contributed by atoms with E-state index in [-0.39, 0.29) is 29.8 Å². The van der Waals surface area contributed by atoms with E-state index in [2.05, 4.69) is 11.9 Å². The van der Waals surface area contributed by atoms with E-state index in [4.69, 9.17) is 14.2 Å². The number of thiazole rings is 1. The molecule has 0 spiro atoms. The SMILES string of the molecule is CC(=Cc1csc(COc2ccccc2)n1)[C@H]1C[C@@H]2O[C@@]2(C)CCC[C@@H](C)[C@@H](O)[C@H](C)C(=O)C(C)(C)[C@H](O)CC(=O)O1. The van der Waals surface area contributed by atoms with E-state index in [0.29, 0.717) is 13.0 Å². The Morgan fingerprint density at radius 3 is 2.60 bits per heavy atom. The van der Waals surface area contributed by atoms with Crippen LogP contribution in [0.15, 0.2) is 41.3 Å². The summed E-state index contributed by atoms with van der Waals surface area (Å²) in [4.78, 5) is 31.1. The zero-order chi connectivity index (χ0) is 30.7. The molecule has 0 radical (unpaired) electrons. The molecule has 3 heterocycles. The normalized spacial score (nSPS) is 33.0. The van der Waals surface area contributed by atoms with Gasteiger partial charge in [-0.1, -0.05) is 52.3 Å². The van der Waals surface area contributed by atoms with Crippen molar-refractivity contribution < 1.29 is 34.0 Å². The summed E-state index contributed by atoms with van der Waals surface area (Å²) in [5.41, 5.74) is 0.00431. The molecule has 2 aliphatic rings. The zero-order valence-corrected chi connectivity index (χ0v) is 26.4. The third-order valence-electron chi connectivity index (χ3n) is 8.97. The lowest BCUT2D eigenvalue weighted by molar-refractivity contribution is -0.154. The maximum Gasteiger partial charge on any atom is 0.309 e. The maximum atomic E-state index is 13.3. The molecular weight excluding hydrogens is 554 g/mol. The highest BCUT2D eigenvalue weighted by molar-refractivity contribution is 7.09. The summed E-state index contributed by atoms with van der Waals surface area (Å²) in [6.07, 6.45) is 1.71. The average Bonchev–Trinajstić information content (AvgIpc) is 3.36. The van der Waals surface area contributed by atoms with Gasteiger partial charge in [-0.2, -0.15) is 0 Å². The molecule has 8 nitrogen and oxygen atoms in total. The van der Waals surface area contributed by atoms with Crippen LogP contribution in [0, 0.1) is 17.3 Å². The Balaban J connectivity index is 1.51. The van der Waals surface area contributed by atoms with Crippen molar-refractivity contribution in [3.63, 3.8) is 0 Å². The number of carbonyl (C=O) groups is 2. The van der Waals surface area contributed by atoms with Crippen LogP contribution in [0.2, 0.25) is 0 Å². The molecule has 4 rings (SSSR count). The van der Waals surface area contributed by atoms with Crippen LogP contribution in [-0.2, 0) is 25.7 Å². The molecule has 0 unspecified atom stereocenters. The second-order valence-electron chi connectivity index (χ2n) is 12.7. The number of epoxide rings is 1. The molecule has 0 aliphatic carbocycles. The van der Waals surface area contributed by atoms with E-state index in [0.717, 1.165) is 41.3 Å². The Labute approximate surface area is 253 Å². The van der Waals surface area contributed by atoms with Crippen LogP contribution in [0.1, 0.15) is 84.3 Å². The number of benzene rings is 1. The first-order valence-corrected chi connectivity index (χ1v) is 15.8. The summed E-state index contributed by atoms with van der Waals surface area (Å²) in [7, 11) is 0. The van der Waals surface area contributed by atoms with Gasteiger partial charge in [0.1, 0.15) is 29.3 Å². The van der Waals surface area contributed by atoms with Gasteiger partial charge in [0.05, 0.1) is 41.4 Å². The number of carbonyl (C=O) groups excluding carboxylic acids is 2. The van der Waals surface area contributed by atoms with Crippen LogP contribution in [0.4, 0.5) is 0 Å². The number of aliphatic hydroxyl groups is 2. The number of ether oxygens (including phenoxy) is 3. The van der Waals surface area contributed by atoms with E-state index < -0.39 is 35.6 Å². The standard InChI is InChI=1S/C33H45NO7S/c1-20-11-10-14-33(6)27(41-33)16-25(40-29(36)17-26(35)32(4,5)31(38)22(3)30(20)37)21(2)15-23-19-42-28(34-23)18-39-24-12-8-7-9-13-24/h7-9,12-13,15,19-20,22,25-27,30,35,37H,10-11,14,16-18H2,1-6H3/t20-,22+,25-,26-,27+,30-,33+/m1/s1. The van der Waals surface area contributed by atoms with E-state index >= 15 is 0 Å². The molecule has 0 bridgehead atoms. The van der Waals surface area contributed by atoms with Crippen molar-refractivity contribution in [2.24, 2.45) is 17.3 Å². The monoisotopic (exact) mass is 599 g/mol. The van der Waals surface area contributed by atoms with Gasteiger partial charge in [-0.3, -0.25) is 9.59 Å². The molecule has 1 aromatic heterocycles. The summed E-state index contributed by atoms with van der Waals surface area (Å²) < 4.78 is 17.9. The topological polar surface area (TPSA) is 118 Å². The van der Waals surface area contributed by atoms with Crippen molar-refractivity contribution in [1.82, 2.24) is 4.98 Å². The Bertz CT molecular complexity index is 1260. The molecule has 42 heavy (non-hydrogen) atoms. The summed E-state index contributed by atoms with van der Waals surface area (Å²) in [6, 6.07) is 9.57. The molecule has 0 amide bonds. The Morgan fingerprint density at radius 2 is 1.88 bits per heavy atom. The molecule has 7 atom stereocenters. The lowest BCUT2D eigenvalue weighted by Gasteiger charge is -2.34. The van der Waals surface area contributed by atoms with Gasteiger partial charge >= 0.3 is 5.97 Å². The first-order valence-electron chi connectivity index (χ1n) is 14.9. The molecule has 9 heteroatoms. The minimum absolute atomic E-state index is 0.0843. The zero-order valence-electron chi connectivity index (χ0n) is 25.5. The average molecular weight is 600 g/mol. The van der Waals surface area contributed by atoms with Crippen LogP contribution in [0.3, 0.4) is 0 Å². The molecule has 2 N–H and O–H groups in total. The first-order chi connectivity index (χ1) is 19.8. The number of aromatic nitrogens is 1. The summed E-state index contributed by atoms with van der Waals surface area (Å²) in [5, 5.41) is 24.7. The number of Topliss-reactive ketones (excluding diaryl/α,β-unsaturated/α-hetero) is 1. The lowest BCUT2D eigenvalue weighted by atomic mass is 9.73. The number of para-hydroxylation sites is 1. The van der Waals surface area contributed by atoms with Crippen molar-refractivity contribution in [3.8, 4) is 5.75 Å². The number of rotatable bonds is 5. The minimum Gasteiger partial charge on any atom is -0.486 e. The number of nitrogens with zero attached hydrogens (tertiary/aromatic N) is 1. The predicted octanol–water partition coefficient (Wildman–Crippen LogP) is 5.75. The number of hydrogen-bond donors (Lipinski definition) is 2. The molecule has 2 aromatic rings. The van der Waals surface area contributed by atoms with E-state index in [9.17, 15) is 19.8 Å². The van der Waals surface area contributed by atoms with Crippen LogP contribution in [0.5, 0.6) is 5.75 Å². The number of aliphatic hydroxyl groups excluding tert-OH is 2. The van der Waals surface area contributed by atoms with Gasteiger partial charge in [-0.15, -0.1) is 11.3 Å². The van der Waals surface area contributed by atoms with Gasteiger partial charge in [0.2, 0.25) is 0 Å².